The fraction of sp³-hybridized carbons (Fsp3) is 0.333. The zero-order valence-corrected chi connectivity index (χ0v) is 7.88. The fourth-order valence-electron chi connectivity index (χ4n) is 1.01. The van der Waals surface area contributed by atoms with Gasteiger partial charge in [0.2, 0.25) is 0 Å². The lowest BCUT2D eigenvalue weighted by Crippen LogP contribution is -2.24. The summed E-state index contributed by atoms with van der Waals surface area (Å²) < 4.78 is 0. The third-order valence-corrected chi connectivity index (χ3v) is 1.89. The van der Waals surface area contributed by atoms with Crippen molar-refractivity contribution in [2.75, 3.05) is 13.7 Å². The molecule has 0 aliphatic heterocycles. The summed E-state index contributed by atoms with van der Waals surface area (Å²) in [5.74, 6) is 0. The molecule has 0 aliphatic rings. The van der Waals surface area contributed by atoms with E-state index in [-0.39, 0.29) is 0 Å². The number of benzene rings is 1. The van der Waals surface area contributed by atoms with E-state index in [1.54, 1.807) is 0 Å². The Morgan fingerprint density at radius 1 is 1.50 bits per heavy atom. The Kier molecular flexibility index (Phi) is 3.53. The van der Waals surface area contributed by atoms with Crippen molar-refractivity contribution >= 4 is 11.6 Å². The minimum absolute atomic E-state index is 0.562. The van der Waals surface area contributed by atoms with E-state index in [1.807, 2.05) is 36.2 Å². The normalized spacial score (nSPS) is 10.7. The molecule has 3 heteroatoms. The lowest BCUT2D eigenvalue weighted by atomic mass is 10.2. The van der Waals surface area contributed by atoms with Crippen molar-refractivity contribution in [1.29, 1.82) is 0 Å². The van der Waals surface area contributed by atoms with Crippen molar-refractivity contribution in [2.24, 2.45) is 5.73 Å². The van der Waals surface area contributed by atoms with Gasteiger partial charge in [-0.05, 0) is 24.7 Å². The van der Waals surface area contributed by atoms with Crippen LogP contribution in [0.5, 0.6) is 0 Å². The van der Waals surface area contributed by atoms with Crippen LogP contribution in [0.3, 0.4) is 0 Å². The molecule has 66 valence electrons. The van der Waals surface area contributed by atoms with Crippen LogP contribution in [0.25, 0.3) is 0 Å². The summed E-state index contributed by atoms with van der Waals surface area (Å²) in [7, 11) is 1.97. The summed E-state index contributed by atoms with van der Waals surface area (Å²) in [4.78, 5) is 2.02. The summed E-state index contributed by atoms with van der Waals surface area (Å²) in [6.07, 6.45) is 0. The van der Waals surface area contributed by atoms with Gasteiger partial charge in [0.05, 0.1) is 0 Å². The van der Waals surface area contributed by atoms with Gasteiger partial charge in [-0.15, -0.1) is 0 Å². The first-order valence-electron chi connectivity index (χ1n) is 3.85. The van der Waals surface area contributed by atoms with E-state index in [4.69, 9.17) is 17.3 Å². The summed E-state index contributed by atoms with van der Waals surface area (Å²) in [5.41, 5.74) is 6.64. The molecule has 0 saturated heterocycles. The maximum absolute atomic E-state index is 5.82. The van der Waals surface area contributed by atoms with E-state index in [2.05, 4.69) is 0 Å². The second-order valence-electron chi connectivity index (χ2n) is 2.83. The van der Waals surface area contributed by atoms with Gasteiger partial charge < -0.3 is 5.73 Å². The van der Waals surface area contributed by atoms with Gasteiger partial charge in [0, 0.05) is 18.2 Å². The first kappa shape index (κ1) is 9.52. The van der Waals surface area contributed by atoms with Crippen LogP contribution in [-0.4, -0.2) is 18.6 Å². The molecule has 0 saturated carbocycles. The van der Waals surface area contributed by atoms with Gasteiger partial charge in [-0.3, -0.25) is 4.90 Å². The van der Waals surface area contributed by atoms with Gasteiger partial charge in [-0.25, -0.2) is 0 Å². The third-order valence-electron chi connectivity index (χ3n) is 1.65. The summed E-state index contributed by atoms with van der Waals surface area (Å²) in [6, 6.07) is 7.81. The number of hydrogen-bond acceptors (Lipinski definition) is 2. The standard InChI is InChI=1S/C9H13ClN2/c1-12(7-11)6-8-3-2-4-9(10)5-8/h2-5H,6-7,11H2,1H3. The second kappa shape index (κ2) is 4.45. The average Bonchev–Trinajstić information content (AvgIpc) is 2.04. The molecule has 1 rings (SSSR count). The summed E-state index contributed by atoms with van der Waals surface area (Å²) >= 11 is 5.82. The fourth-order valence-corrected chi connectivity index (χ4v) is 1.22. The molecule has 2 N–H and O–H groups in total. The number of halogens is 1. The van der Waals surface area contributed by atoms with Crippen molar-refractivity contribution in [3.05, 3.63) is 34.9 Å². The molecule has 0 heterocycles. The molecule has 12 heavy (non-hydrogen) atoms. The molecule has 1 aromatic carbocycles. The highest BCUT2D eigenvalue weighted by Crippen LogP contribution is 2.11. The molecule has 0 bridgehead atoms. The molecule has 0 radical (unpaired) electrons. The van der Waals surface area contributed by atoms with Gasteiger partial charge in [0.1, 0.15) is 0 Å². The number of nitrogens with zero attached hydrogens (tertiary/aromatic N) is 1. The zero-order valence-electron chi connectivity index (χ0n) is 7.13. The molecule has 0 unspecified atom stereocenters. The summed E-state index contributed by atoms with van der Waals surface area (Å²) in [5, 5.41) is 0.776. The van der Waals surface area contributed by atoms with Crippen LogP contribution >= 0.6 is 11.6 Å². The molecule has 0 amide bonds. The number of rotatable bonds is 3. The van der Waals surface area contributed by atoms with E-state index in [0.717, 1.165) is 11.6 Å². The Morgan fingerprint density at radius 3 is 2.83 bits per heavy atom. The first-order valence-corrected chi connectivity index (χ1v) is 4.23. The second-order valence-corrected chi connectivity index (χ2v) is 3.26. The Morgan fingerprint density at radius 2 is 2.25 bits per heavy atom. The largest absolute Gasteiger partial charge is 0.318 e. The van der Waals surface area contributed by atoms with Gasteiger partial charge in [-0.2, -0.15) is 0 Å². The molecule has 0 atom stereocenters. The van der Waals surface area contributed by atoms with E-state index >= 15 is 0 Å². The average molecular weight is 185 g/mol. The maximum atomic E-state index is 5.82. The van der Waals surface area contributed by atoms with Crippen LogP contribution in [0.15, 0.2) is 24.3 Å². The number of nitrogens with two attached hydrogens (primary N) is 1. The van der Waals surface area contributed by atoms with Crippen molar-refractivity contribution in [1.82, 2.24) is 4.90 Å². The van der Waals surface area contributed by atoms with Crippen molar-refractivity contribution in [3.8, 4) is 0 Å². The monoisotopic (exact) mass is 184 g/mol. The van der Waals surface area contributed by atoms with Crippen molar-refractivity contribution < 1.29 is 0 Å². The molecule has 0 aliphatic carbocycles. The lowest BCUT2D eigenvalue weighted by molar-refractivity contribution is 0.337. The van der Waals surface area contributed by atoms with E-state index in [9.17, 15) is 0 Å². The minimum atomic E-state index is 0.562. The predicted octanol–water partition coefficient (Wildman–Crippen LogP) is 1.69. The quantitative estimate of drug-likeness (QED) is 0.725. The predicted molar refractivity (Wildman–Crippen MR) is 52.0 cm³/mol. The molecule has 0 aromatic heterocycles. The molecular formula is C9H13ClN2. The van der Waals surface area contributed by atoms with E-state index < -0.39 is 0 Å². The maximum Gasteiger partial charge on any atom is 0.0455 e. The van der Waals surface area contributed by atoms with Crippen LogP contribution in [-0.2, 0) is 6.54 Å². The zero-order chi connectivity index (χ0) is 8.97. The highest BCUT2D eigenvalue weighted by atomic mass is 35.5. The van der Waals surface area contributed by atoms with Crippen LogP contribution in [0.1, 0.15) is 5.56 Å². The van der Waals surface area contributed by atoms with Gasteiger partial charge in [-0.1, -0.05) is 23.7 Å². The number of hydrogen-bond donors (Lipinski definition) is 1. The molecule has 0 spiro atoms. The Balaban J connectivity index is 2.63. The third kappa shape index (κ3) is 2.81. The molecule has 1 aromatic rings. The Bertz CT molecular complexity index is 250. The highest BCUT2D eigenvalue weighted by molar-refractivity contribution is 6.30. The molecule has 0 fully saturated rings. The molecular weight excluding hydrogens is 172 g/mol. The molecule has 2 nitrogen and oxygen atoms in total. The SMILES string of the molecule is CN(CN)Cc1cccc(Cl)c1. The summed E-state index contributed by atoms with van der Waals surface area (Å²) in [6.45, 7) is 1.41. The van der Waals surface area contributed by atoms with Gasteiger partial charge in [0.25, 0.3) is 0 Å². The van der Waals surface area contributed by atoms with Crippen LogP contribution in [0, 0.1) is 0 Å². The Hall–Kier alpha value is -0.570. The lowest BCUT2D eigenvalue weighted by Gasteiger charge is -2.13. The van der Waals surface area contributed by atoms with Gasteiger partial charge in [0.15, 0.2) is 0 Å². The smallest absolute Gasteiger partial charge is 0.0455 e. The van der Waals surface area contributed by atoms with Crippen molar-refractivity contribution in [2.45, 2.75) is 6.54 Å². The topological polar surface area (TPSA) is 29.3 Å². The highest BCUT2D eigenvalue weighted by Gasteiger charge is 1.97. The Labute approximate surface area is 77.9 Å². The van der Waals surface area contributed by atoms with E-state index in [1.165, 1.54) is 5.56 Å². The van der Waals surface area contributed by atoms with E-state index in [0.29, 0.717) is 6.67 Å². The van der Waals surface area contributed by atoms with Crippen LogP contribution in [0.2, 0.25) is 5.02 Å². The van der Waals surface area contributed by atoms with Gasteiger partial charge >= 0.3 is 0 Å². The van der Waals surface area contributed by atoms with Crippen LogP contribution in [0.4, 0.5) is 0 Å². The first-order chi connectivity index (χ1) is 5.72. The van der Waals surface area contributed by atoms with Crippen LogP contribution < -0.4 is 5.73 Å². The van der Waals surface area contributed by atoms with Crippen molar-refractivity contribution in [3.63, 3.8) is 0 Å². The minimum Gasteiger partial charge on any atom is -0.318 e.